The molecule has 212 valence electrons. The van der Waals surface area contributed by atoms with E-state index in [9.17, 15) is 8.42 Å². The Balaban J connectivity index is 1.53. The second-order valence-electron chi connectivity index (χ2n) is 9.50. The Morgan fingerprint density at radius 2 is 1.50 bits per heavy atom. The van der Waals surface area contributed by atoms with Gasteiger partial charge >= 0.3 is 0 Å². The zero-order valence-electron chi connectivity index (χ0n) is 23.5. The lowest BCUT2D eigenvalue weighted by molar-refractivity contribution is 0.267. The van der Waals surface area contributed by atoms with Crippen molar-refractivity contribution in [2.75, 3.05) is 39.8 Å². The molecule has 0 aliphatic rings. The van der Waals surface area contributed by atoms with Gasteiger partial charge in [0.15, 0.2) is 0 Å². The molecule has 0 spiro atoms. The third-order valence-electron chi connectivity index (χ3n) is 6.95. The molecule has 0 unspecified atom stereocenters. The number of nitrogens with one attached hydrogen (secondary N) is 2. The Kier molecular flexibility index (Phi) is 10.5. The zero-order valence-corrected chi connectivity index (χ0v) is 24.3. The van der Waals surface area contributed by atoms with Crippen LogP contribution in [-0.4, -0.2) is 67.4 Å². The predicted molar refractivity (Wildman–Crippen MR) is 161 cm³/mol. The molecule has 1 heterocycles. The minimum atomic E-state index is -3.73. The molecule has 1 aromatic heterocycles. The number of hydrogen-bond donors (Lipinski definition) is 2. The lowest BCUT2D eigenvalue weighted by Gasteiger charge is -2.26. The SMILES string of the molecule is CCN(CC)CCN(Cc1ccccc1)S(=O)(=O)NCCc1nc(-c2ccccc2)[nH]c1-c1ccc(OC)cc1. The molecule has 3 aromatic carbocycles. The summed E-state index contributed by atoms with van der Waals surface area (Å²) in [6.07, 6.45) is 0.430. The Bertz CT molecular complexity index is 1420. The molecule has 0 radical (unpaired) electrons. The number of methoxy groups -OCH3 is 1. The predicted octanol–water partition coefficient (Wildman–Crippen LogP) is 4.97. The summed E-state index contributed by atoms with van der Waals surface area (Å²) in [4.78, 5) is 10.6. The normalized spacial score (nSPS) is 11.8. The Labute approximate surface area is 238 Å². The van der Waals surface area contributed by atoms with E-state index in [4.69, 9.17) is 9.72 Å². The number of benzene rings is 3. The van der Waals surface area contributed by atoms with Crippen LogP contribution in [0.4, 0.5) is 0 Å². The van der Waals surface area contributed by atoms with Crippen LogP contribution in [0.5, 0.6) is 5.75 Å². The number of aromatic amines is 1. The lowest BCUT2D eigenvalue weighted by atomic mass is 10.1. The topological polar surface area (TPSA) is 90.6 Å². The van der Waals surface area contributed by atoms with Gasteiger partial charge in [-0.2, -0.15) is 12.7 Å². The minimum absolute atomic E-state index is 0.223. The second kappa shape index (κ2) is 14.2. The van der Waals surface area contributed by atoms with E-state index in [2.05, 4.69) is 28.5 Å². The van der Waals surface area contributed by atoms with Crippen molar-refractivity contribution in [1.29, 1.82) is 0 Å². The molecule has 9 heteroatoms. The molecule has 0 saturated carbocycles. The summed E-state index contributed by atoms with van der Waals surface area (Å²) in [6.45, 7) is 7.54. The molecule has 8 nitrogen and oxygen atoms in total. The first-order valence-electron chi connectivity index (χ1n) is 13.7. The summed E-state index contributed by atoms with van der Waals surface area (Å²) >= 11 is 0. The van der Waals surface area contributed by atoms with Gasteiger partial charge in [0.1, 0.15) is 11.6 Å². The third-order valence-corrected chi connectivity index (χ3v) is 8.51. The average Bonchev–Trinajstić information content (AvgIpc) is 3.42. The summed E-state index contributed by atoms with van der Waals surface area (Å²) in [6, 6.07) is 27.4. The van der Waals surface area contributed by atoms with Crippen molar-refractivity contribution in [2.45, 2.75) is 26.8 Å². The second-order valence-corrected chi connectivity index (χ2v) is 11.3. The van der Waals surface area contributed by atoms with E-state index < -0.39 is 10.2 Å². The first kappa shape index (κ1) is 29.5. The lowest BCUT2D eigenvalue weighted by Crippen LogP contribution is -2.44. The number of H-pyrrole nitrogens is 1. The van der Waals surface area contributed by atoms with E-state index in [1.165, 1.54) is 4.31 Å². The number of ether oxygens (including phenoxy) is 1. The smallest absolute Gasteiger partial charge is 0.279 e. The van der Waals surface area contributed by atoms with Gasteiger partial charge in [0, 0.05) is 43.7 Å². The standard InChI is InChI=1S/C31H39N5O3S/c1-4-35(5-2)22-23-36(24-25-12-8-6-9-13-25)40(37,38)32-21-20-29-30(26-16-18-28(39-3)19-17-26)34-31(33-29)27-14-10-7-11-15-27/h6-19,32H,4-5,20-24H2,1-3H3,(H,33,34). The zero-order chi connectivity index (χ0) is 28.4. The molecule has 0 fully saturated rings. The minimum Gasteiger partial charge on any atom is -0.497 e. The number of likely N-dealkylation sites (N-methyl/N-ethyl adjacent to an activating group) is 1. The highest BCUT2D eigenvalue weighted by molar-refractivity contribution is 7.87. The van der Waals surface area contributed by atoms with Gasteiger partial charge in [0.05, 0.1) is 18.5 Å². The Morgan fingerprint density at radius 3 is 2.12 bits per heavy atom. The molecule has 0 aliphatic heterocycles. The highest BCUT2D eigenvalue weighted by atomic mass is 32.2. The number of nitrogens with zero attached hydrogens (tertiary/aromatic N) is 3. The molecule has 4 aromatic rings. The summed E-state index contributed by atoms with van der Waals surface area (Å²) in [5, 5.41) is 0. The van der Waals surface area contributed by atoms with Gasteiger partial charge in [-0.05, 0) is 42.9 Å². The van der Waals surface area contributed by atoms with Crippen LogP contribution in [0, 0.1) is 0 Å². The molecule has 4 rings (SSSR count). The van der Waals surface area contributed by atoms with Crippen LogP contribution < -0.4 is 9.46 Å². The fourth-order valence-electron chi connectivity index (χ4n) is 4.57. The highest BCUT2D eigenvalue weighted by Gasteiger charge is 2.23. The van der Waals surface area contributed by atoms with E-state index in [0.29, 0.717) is 26.1 Å². The largest absolute Gasteiger partial charge is 0.497 e. The third kappa shape index (κ3) is 7.79. The van der Waals surface area contributed by atoms with Crippen molar-refractivity contribution in [3.63, 3.8) is 0 Å². The summed E-state index contributed by atoms with van der Waals surface area (Å²) in [5.41, 5.74) is 4.54. The van der Waals surface area contributed by atoms with Crippen LogP contribution in [0.3, 0.4) is 0 Å². The van der Waals surface area contributed by atoms with Crippen molar-refractivity contribution < 1.29 is 13.2 Å². The van der Waals surface area contributed by atoms with Gasteiger partial charge in [0.2, 0.25) is 0 Å². The molecule has 2 N–H and O–H groups in total. The fourth-order valence-corrected chi connectivity index (χ4v) is 5.76. The summed E-state index contributed by atoms with van der Waals surface area (Å²) < 4.78 is 36.7. The van der Waals surface area contributed by atoms with Crippen LogP contribution in [0.1, 0.15) is 25.1 Å². The summed E-state index contributed by atoms with van der Waals surface area (Å²) in [7, 11) is -2.09. The maximum Gasteiger partial charge on any atom is 0.279 e. The average molecular weight is 562 g/mol. The van der Waals surface area contributed by atoms with Gasteiger partial charge in [-0.25, -0.2) is 9.71 Å². The molecular weight excluding hydrogens is 522 g/mol. The van der Waals surface area contributed by atoms with E-state index >= 15 is 0 Å². The van der Waals surface area contributed by atoms with Crippen LogP contribution in [0.2, 0.25) is 0 Å². The van der Waals surface area contributed by atoms with Gasteiger partial charge in [-0.15, -0.1) is 0 Å². The Hall–Kier alpha value is -3.50. The number of imidazole rings is 1. The number of hydrogen-bond acceptors (Lipinski definition) is 5. The van der Waals surface area contributed by atoms with Crippen LogP contribution in [-0.2, 0) is 23.2 Å². The first-order valence-corrected chi connectivity index (χ1v) is 15.2. The van der Waals surface area contributed by atoms with Crippen molar-refractivity contribution in [1.82, 2.24) is 23.9 Å². The monoisotopic (exact) mass is 561 g/mol. The van der Waals surface area contributed by atoms with Gasteiger partial charge in [-0.3, -0.25) is 0 Å². The molecular formula is C31H39N5O3S. The molecule has 0 saturated heterocycles. The van der Waals surface area contributed by atoms with Crippen molar-refractivity contribution in [3.8, 4) is 28.4 Å². The maximum atomic E-state index is 13.5. The molecule has 0 amide bonds. The van der Waals surface area contributed by atoms with Crippen molar-refractivity contribution in [3.05, 3.63) is 96.2 Å². The molecule has 0 atom stereocenters. The molecule has 0 aliphatic carbocycles. The van der Waals surface area contributed by atoms with Crippen molar-refractivity contribution in [2.24, 2.45) is 0 Å². The van der Waals surface area contributed by atoms with E-state index in [1.54, 1.807) is 7.11 Å². The van der Waals surface area contributed by atoms with E-state index in [1.807, 2.05) is 84.9 Å². The maximum absolute atomic E-state index is 13.5. The van der Waals surface area contributed by atoms with Gasteiger partial charge in [-0.1, -0.05) is 74.5 Å². The molecule has 40 heavy (non-hydrogen) atoms. The van der Waals surface area contributed by atoms with Gasteiger partial charge in [0.25, 0.3) is 10.2 Å². The van der Waals surface area contributed by atoms with Crippen LogP contribution in [0.15, 0.2) is 84.9 Å². The van der Waals surface area contributed by atoms with Crippen LogP contribution in [0.25, 0.3) is 22.6 Å². The van der Waals surface area contributed by atoms with E-state index in [-0.39, 0.29) is 6.54 Å². The Morgan fingerprint density at radius 1 is 0.850 bits per heavy atom. The fraction of sp³-hybridized carbons (Fsp3) is 0.323. The highest BCUT2D eigenvalue weighted by Crippen LogP contribution is 2.28. The van der Waals surface area contributed by atoms with Gasteiger partial charge < -0.3 is 14.6 Å². The van der Waals surface area contributed by atoms with Crippen LogP contribution >= 0.6 is 0 Å². The number of rotatable bonds is 15. The molecule has 0 bridgehead atoms. The first-order chi connectivity index (χ1) is 19.4. The number of aromatic nitrogens is 2. The quantitative estimate of drug-likeness (QED) is 0.214. The van der Waals surface area contributed by atoms with E-state index in [0.717, 1.165) is 52.7 Å². The summed E-state index contributed by atoms with van der Waals surface area (Å²) in [5.74, 6) is 1.51. The van der Waals surface area contributed by atoms with Crippen molar-refractivity contribution >= 4 is 10.2 Å².